The monoisotopic (exact) mass is 344 g/mol. The van der Waals surface area contributed by atoms with Crippen LogP contribution >= 0.6 is 0 Å². The molecule has 0 bridgehead atoms. The fourth-order valence-corrected chi connectivity index (χ4v) is 2.97. The number of nitrogens with zero attached hydrogens (tertiary/aromatic N) is 2. The molecule has 0 radical (unpaired) electrons. The van der Waals surface area contributed by atoms with Crippen LogP contribution in [0, 0.1) is 13.8 Å². The predicted molar refractivity (Wildman–Crippen MR) is 93.3 cm³/mol. The molecule has 25 heavy (non-hydrogen) atoms. The summed E-state index contributed by atoms with van der Waals surface area (Å²) >= 11 is 0. The number of carbonyl (C=O) groups is 2. The second-order valence-corrected chi connectivity index (χ2v) is 6.08. The van der Waals surface area contributed by atoms with Crippen LogP contribution in [0.1, 0.15) is 52.2 Å². The summed E-state index contributed by atoms with van der Waals surface area (Å²) in [5.41, 5.74) is 3.06. The van der Waals surface area contributed by atoms with Gasteiger partial charge < -0.3 is 14.2 Å². The molecule has 0 N–H and O–H groups in total. The zero-order valence-electron chi connectivity index (χ0n) is 15.3. The molecule has 0 spiro atoms. The normalized spacial score (nSPS) is 11.9. The summed E-state index contributed by atoms with van der Waals surface area (Å²) in [5.74, 6) is 0.0634. The number of methoxy groups -OCH3 is 1. The van der Waals surface area contributed by atoms with Gasteiger partial charge in [0, 0.05) is 19.2 Å². The maximum atomic E-state index is 12.9. The van der Waals surface area contributed by atoms with Crippen molar-refractivity contribution in [2.24, 2.45) is 0 Å². The third kappa shape index (κ3) is 4.07. The van der Waals surface area contributed by atoms with Crippen molar-refractivity contribution < 1.29 is 18.8 Å². The van der Waals surface area contributed by atoms with E-state index in [-0.39, 0.29) is 17.8 Å². The molecule has 1 heterocycles. The zero-order valence-corrected chi connectivity index (χ0v) is 15.3. The van der Waals surface area contributed by atoms with Gasteiger partial charge in [0.05, 0.1) is 24.3 Å². The zero-order chi connectivity index (χ0) is 18.6. The molecule has 0 saturated heterocycles. The van der Waals surface area contributed by atoms with Gasteiger partial charge >= 0.3 is 5.97 Å². The lowest BCUT2D eigenvalue weighted by Crippen LogP contribution is -2.31. The van der Waals surface area contributed by atoms with E-state index in [0.717, 1.165) is 16.8 Å². The average Bonchev–Trinajstić information content (AvgIpc) is 2.94. The molecular weight excluding hydrogens is 320 g/mol. The van der Waals surface area contributed by atoms with Gasteiger partial charge in [-0.1, -0.05) is 24.2 Å². The number of aryl methyl sites for hydroxylation is 2. The molecule has 2 aromatic rings. The van der Waals surface area contributed by atoms with Gasteiger partial charge in [-0.2, -0.15) is 0 Å². The minimum absolute atomic E-state index is 0.0222. The minimum atomic E-state index is -0.375. The van der Waals surface area contributed by atoms with E-state index in [1.54, 1.807) is 24.1 Å². The Morgan fingerprint density at radius 1 is 1.24 bits per heavy atom. The van der Waals surface area contributed by atoms with Gasteiger partial charge in [0.1, 0.15) is 5.76 Å². The first-order valence-corrected chi connectivity index (χ1v) is 8.24. The van der Waals surface area contributed by atoms with Crippen molar-refractivity contribution in [3.05, 3.63) is 52.4 Å². The van der Waals surface area contributed by atoms with Gasteiger partial charge in [0.15, 0.2) is 0 Å². The number of likely N-dealkylation sites (N-methyl/N-ethyl adjacent to an activating group) is 1. The Bertz CT molecular complexity index is 730. The van der Waals surface area contributed by atoms with E-state index in [4.69, 9.17) is 4.52 Å². The highest BCUT2D eigenvalue weighted by molar-refractivity contribution is 5.89. The number of hydrogen-bond acceptors (Lipinski definition) is 5. The van der Waals surface area contributed by atoms with E-state index in [1.807, 2.05) is 32.9 Å². The average molecular weight is 344 g/mol. The third-order valence-corrected chi connectivity index (χ3v) is 4.31. The van der Waals surface area contributed by atoms with E-state index < -0.39 is 0 Å². The Hall–Kier alpha value is -2.63. The van der Waals surface area contributed by atoms with Crippen LogP contribution in [-0.2, 0) is 16.1 Å². The van der Waals surface area contributed by atoms with E-state index in [2.05, 4.69) is 9.89 Å². The van der Waals surface area contributed by atoms with Crippen LogP contribution in [0.3, 0.4) is 0 Å². The fourth-order valence-electron chi connectivity index (χ4n) is 2.97. The molecule has 1 aromatic heterocycles. The SMILES string of the molecule is CC[C@@H](C(=O)N(C)Cc1ccc(C(=O)OC)cc1)c1c(C)noc1C. The second-order valence-electron chi connectivity index (χ2n) is 6.08. The van der Waals surface area contributed by atoms with Crippen LogP contribution in [0.4, 0.5) is 0 Å². The molecule has 0 fully saturated rings. The van der Waals surface area contributed by atoms with Gasteiger partial charge in [0.25, 0.3) is 0 Å². The molecule has 1 amide bonds. The number of esters is 1. The van der Waals surface area contributed by atoms with Gasteiger partial charge in [-0.05, 0) is 38.0 Å². The second kappa shape index (κ2) is 7.96. The Labute approximate surface area is 147 Å². The van der Waals surface area contributed by atoms with Crippen molar-refractivity contribution in [3.8, 4) is 0 Å². The van der Waals surface area contributed by atoms with Crippen LogP contribution in [-0.4, -0.2) is 36.1 Å². The maximum absolute atomic E-state index is 12.9. The van der Waals surface area contributed by atoms with Gasteiger partial charge in [0.2, 0.25) is 5.91 Å². The smallest absolute Gasteiger partial charge is 0.337 e. The first kappa shape index (κ1) is 18.7. The number of carbonyl (C=O) groups excluding carboxylic acids is 2. The summed E-state index contributed by atoms with van der Waals surface area (Å²) in [6.07, 6.45) is 0.674. The predicted octanol–water partition coefficient (Wildman–Crippen LogP) is 3.23. The quantitative estimate of drug-likeness (QED) is 0.752. The van der Waals surface area contributed by atoms with Gasteiger partial charge in [-0.15, -0.1) is 0 Å². The summed E-state index contributed by atoms with van der Waals surface area (Å²) in [6, 6.07) is 7.05. The van der Waals surface area contributed by atoms with Crippen molar-refractivity contribution in [3.63, 3.8) is 0 Å². The lowest BCUT2D eigenvalue weighted by molar-refractivity contribution is -0.132. The highest BCUT2D eigenvalue weighted by atomic mass is 16.5. The summed E-state index contributed by atoms with van der Waals surface area (Å²) in [7, 11) is 3.12. The standard InChI is InChI=1S/C19H24N2O4/c1-6-16(17-12(2)20-25-13(17)3)18(22)21(4)11-14-7-9-15(10-8-14)19(23)24-5/h7-10,16H,6,11H2,1-5H3/t16-/m1/s1. The van der Waals surface area contributed by atoms with Crippen LogP contribution < -0.4 is 0 Å². The molecule has 6 nitrogen and oxygen atoms in total. The van der Waals surface area contributed by atoms with Crippen LogP contribution in [0.15, 0.2) is 28.8 Å². The van der Waals surface area contributed by atoms with Crippen molar-refractivity contribution in [2.45, 2.75) is 39.7 Å². The molecule has 134 valence electrons. The molecule has 0 aliphatic heterocycles. The summed E-state index contributed by atoms with van der Waals surface area (Å²) in [6.45, 7) is 6.12. The van der Waals surface area contributed by atoms with Crippen molar-refractivity contribution in [1.29, 1.82) is 0 Å². The third-order valence-electron chi connectivity index (χ3n) is 4.31. The lowest BCUT2D eigenvalue weighted by Gasteiger charge is -2.23. The molecule has 1 atom stereocenters. The molecular formula is C19H24N2O4. The van der Waals surface area contributed by atoms with E-state index >= 15 is 0 Å². The van der Waals surface area contributed by atoms with Crippen LogP contribution in [0.25, 0.3) is 0 Å². The number of benzene rings is 1. The Morgan fingerprint density at radius 2 is 1.88 bits per heavy atom. The van der Waals surface area contributed by atoms with Gasteiger partial charge in [-0.3, -0.25) is 4.79 Å². The maximum Gasteiger partial charge on any atom is 0.337 e. The number of amides is 1. The highest BCUT2D eigenvalue weighted by Gasteiger charge is 2.28. The van der Waals surface area contributed by atoms with Crippen LogP contribution in [0.5, 0.6) is 0 Å². The van der Waals surface area contributed by atoms with Crippen LogP contribution in [0.2, 0.25) is 0 Å². The number of hydrogen-bond donors (Lipinski definition) is 0. The molecule has 0 saturated carbocycles. The highest BCUT2D eigenvalue weighted by Crippen LogP contribution is 2.28. The summed E-state index contributed by atoms with van der Waals surface area (Å²) < 4.78 is 9.89. The number of ether oxygens (including phenoxy) is 1. The summed E-state index contributed by atoms with van der Waals surface area (Å²) in [4.78, 5) is 26.0. The van der Waals surface area contributed by atoms with E-state index in [1.165, 1.54) is 7.11 Å². The van der Waals surface area contributed by atoms with Crippen molar-refractivity contribution in [1.82, 2.24) is 10.1 Å². The molecule has 0 aliphatic rings. The first-order chi connectivity index (χ1) is 11.9. The lowest BCUT2D eigenvalue weighted by atomic mass is 9.93. The molecule has 1 aromatic carbocycles. The van der Waals surface area contributed by atoms with Crippen molar-refractivity contribution in [2.75, 3.05) is 14.2 Å². The molecule has 6 heteroatoms. The summed E-state index contributed by atoms with van der Waals surface area (Å²) in [5, 5.41) is 3.96. The number of aromatic nitrogens is 1. The Balaban J connectivity index is 2.12. The number of rotatable bonds is 6. The largest absolute Gasteiger partial charge is 0.465 e. The Morgan fingerprint density at radius 3 is 2.36 bits per heavy atom. The Kier molecular flexibility index (Phi) is 5.96. The fraction of sp³-hybridized carbons (Fsp3) is 0.421. The first-order valence-electron chi connectivity index (χ1n) is 8.24. The molecule has 2 rings (SSSR count). The van der Waals surface area contributed by atoms with E-state index in [0.29, 0.717) is 24.3 Å². The van der Waals surface area contributed by atoms with E-state index in [9.17, 15) is 9.59 Å². The molecule has 0 aliphatic carbocycles. The topological polar surface area (TPSA) is 72.6 Å². The van der Waals surface area contributed by atoms with Crippen molar-refractivity contribution >= 4 is 11.9 Å². The molecule has 0 unspecified atom stereocenters. The minimum Gasteiger partial charge on any atom is -0.465 e. The van der Waals surface area contributed by atoms with Gasteiger partial charge in [-0.25, -0.2) is 4.79 Å².